The summed E-state index contributed by atoms with van der Waals surface area (Å²) in [6.45, 7) is 0. The molecule has 0 aliphatic carbocycles. The molecule has 0 unspecified atom stereocenters. The molecule has 0 atom stereocenters. The van der Waals surface area contributed by atoms with Gasteiger partial charge in [0.05, 0.1) is 12.0 Å². The Kier molecular flexibility index (Phi) is 5.83. The standard InChI is InChI=1S/C20H20N2O4S2/c1-22(2)28(24,25)16-11-7-10-15(12-16)21-20(23)19-17(26-3)13-18(27-19)14-8-5-4-6-9-14/h4-13H,1-3H3,(H,21,23). The van der Waals surface area contributed by atoms with Crippen LogP contribution in [0.1, 0.15) is 9.67 Å². The van der Waals surface area contributed by atoms with Crippen molar-refractivity contribution >= 4 is 33.0 Å². The number of amides is 1. The van der Waals surface area contributed by atoms with Crippen molar-refractivity contribution < 1.29 is 17.9 Å². The van der Waals surface area contributed by atoms with Crippen LogP contribution in [0.3, 0.4) is 0 Å². The van der Waals surface area contributed by atoms with Crippen LogP contribution < -0.4 is 10.1 Å². The molecule has 2 aromatic carbocycles. The van der Waals surface area contributed by atoms with E-state index < -0.39 is 10.0 Å². The quantitative estimate of drug-likeness (QED) is 0.661. The van der Waals surface area contributed by atoms with Crippen molar-refractivity contribution in [3.8, 4) is 16.2 Å². The van der Waals surface area contributed by atoms with E-state index in [1.54, 1.807) is 12.1 Å². The zero-order valence-electron chi connectivity index (χ0n) is 15.7. The monoisotopic (exact) mass is 416 g/mol. The first kappa shape index (κ1) is 20.1. The van der Waals surface area contributed by atoms with Gasteiger partial charge in [0, 0.05) is 24.7 Å². The highest BCUT2D eigenvalue weighted by molar-refractivity contribution is 7.89. The Morgan fingerprint density at radius 3 is 2.39 bits per heavy atom. The van der Waals surface area contributed by atoms with Crippen LogP contribution in [0.4, 0.5) is 5.69 Å². The Balaban J connectivity index is 1.89. The topological polar surface area (TPSA) is 75.7 Å². The lowest BCUT2D eigenvalue weighted by atomic mass is 10.2. The Hall–Kier alpha value is -2.68. The summed E-state index contributed by atoms with van der Waals surface area (Å²) >= 11 is 1.32. The number of ether oxygens (including phenoxy) is 1. The Morgan fingerprint density at radius 1 is 1.04 bits per heavy atom. The molecule has 1 N–H and O–H groups in total. The van der Waals surface area contributed by atoms with Crippen LogP contribution in [-0.2, 0) is 10.0 Å². The van der Waals surface area contributed by atoms with E-state index in [0.717, 1.165) is 14.7 Å². The molecule has 3 rings (SSSR count). The van der Waals surface area contributed by atoms with Gasteiger partial charge in [0.15, 0.2) is 0 Å². The number of nitrogens with zero attached hydrogens (tertiary/aromatic N) is 1. The number of hydrogen-bond acceptors (Lipinski definition) is 5. The second-order valence-corrected chi connectivity index (χ2v) is 9.35. The van der Waals surface area contributed by atoms with E-state index in [0.29, 0.717) is 16.3 Å². The van der Waals surface area contributed by atoms with Crippen LogP contribution >= 0.6 is 11.3 Å². The highest BCUT2D eigenvalue weighted by Crippen LogP contribution is 2.36. The van der Waals surface area contributed by atoms with Crippen LogP contribution in [0.25, 0.3) is 10.4 Å². The summed E-state index contributed by atoms with van der Waals surface area (Å²) in [7, 11) is 0.848. The van der Waals surface area contributed by atoms with Crippen molar-refractivity contribution in [1.29, 1.82) is 0 Å². The highest BCUT2D eigenvalue weighted by atomic mass is 32.2. The molecular weight excluding hydrogens is 396 g/mol. The number of carbonyl (C=O) groups is 1. The molecule has 6 nitrogen and oxygen atoms in total. The smallest absolute Gasteiger partial charge is 0.269 e. The number of benzene rings is 2. The third-order valence-electron chi connectivity index (χ3n) is 4.05. The molecule has 0 saturated heterocycles. The van der Waals surface area contributed by atoms with E-state index >= 15 is 0 Å². The SMILES string of the molecule is COc1cc(-c2ccccc2)sc1C(=O)Nc1cccc(S(=O)(=O)N(C)C)c1. The first-order chi connectivity index (χ1) is 13.3. The van der Waals surface area contributed by atoms with E-state index in [2.05, 4.69) is 5.32 Å². The average Bonchev–Trinajstić information content (AvgIpc) is 3.13. The first-order valence-corrected chi connectivity index (χ1v) is 10.7. The lowest BCUT2D eigenvalue weighted by Crippen LogP contribution is -2.22. The van der Waals surface area contributed by atoms with Gasteiger partial charge in [-0.15, -0.1) is 11.3 Å². The van der Waals surface area contributed by atoms with E-state index in [9.17, 15) is 13.2 Å². The van der Waals surface area contributed by atoms with Gasteiger partial charge in [0.25, 0.3) is 5.91 Å². The van der Waals surface area contributed by atoms with Crippen LogP contribution in [0.15, 0.2) is 65.6 Å². The minimum Gasteiger partial charge on any atom is -0.495 e. The lowest BCUT2D eigenvalue weighted by Gasteiger charge is -2.12. The normalized spacial score (nSPS) is 11.4. The zero-order chi connectivity index (χ0) is 20.3. The highest BCUT2D eigenvalue weighted by Gasteiger charge is 2.20. The van der Waals surface area contributed by atoms with Crippen LogP contribution in [0.2, 0.25) is 0 Å². The first-order valence-electron chi connectivity index (χ1n) is 8.40. The number of rotatable bonds is 6. The molecule has 1 amide bonds. The number of hydrogen-bond donors (Lipinski definition) is 1. The second-order valence-electron chi connectivity index (χ2n) is 6.14. The summed E-state index contributed by atoms with van der Waals surface area (Å²) in [5, 5.41) is 2.76. The molecule has 28 heavy (non-hydrogen) atoms. The number of thiophene rings is 1. The van der Waals surface area contributed by atoms with Gasteiger partial charge in [0.1, 0.15) is 10.6 Å². The Bertz CT molecular complexity index is 1090. The maximum atomic E-state index is 12.8. The number of sulfonamides is 1. The predicted molar refractivity (Wildman–Crippen MR) is 112 cm³/mol. The number of anilines is 1. The van der Waals surface area contributed by atoms with Crippen molar-refractivity contribution in [2.75, 3.05) is 26.5 Å². The maximum Gasteiger partial charge on any atom is 0.269 e. The van der Waals surface area contributed by atoms with Gasteiger partial charge < -0.3 is 10.1 Å². The number of carbonyl (C=O) groups excluding carboxylic acids is 1. The Morgan fingerprint density at radius 2 is 1.75 bits per heavy atom. The van der Waals surface area contributed by atoms with E-state index in [4.69, 9.17) is 4.74 Å². The van der Waals surface area contributed by atoms with Crippen molar-refractivity contribution in [2.45, 2.75) is 4.90 Å². The minimum atomic E-state index is -3.58. The maximum absolute atomic E-state index is 12.8. The Labute approximate surface area is 168 Å². The third-order valence-corrected chi connectivity index (χ3v) is 7.03. The summed E-state index contributed by atoms with van der Waals surface area (Å²) in [5.74, 6) is 0.113. The van der Waals surface area contributed by atoms with E-state index in [-0.39, 0.29) is 10.8 Å². The molecule has 3 aromatic rings. The van der Waals surface area contributed by atoms with Crippen molar-refractivity contribution in [1.82, 2.24) is 4.31 Å². The largest absolute Gasteiger partial charge is 0.495 e. The molecule has 1 heterocycles. The second kappa shape index (κ2) is 8.14. The van der Waals surface area contributed by atoms with Crippen molar-refractivity contribution in [3.05, 3.63) is 65.5 Å². The molecule has 0 aliphatic heterocycles. The minimum absolute atomic E-state index is 0.110. The van der Waals surface area contributed by atoms with Gasteiger partial charge in [0.2, 0.25) is 10.0 Å². The van der Waals surface area contributed by atoms with Gasteiger partial charge in [-0.05, 0) is 29.8 Å². The fraction of sp³-hybridized carbons (Fsp3) is 0.150. The van der Waals surface area contributed by atoms with Gasteiger partial charge in [-0.2, -0.15) is 0 Å². The summed E-state index contributed by atoms with van der Waals surface area (Å²) < 4.78 is 31.1. The van der Waals surface area contributed by atoms with Crippen LogP contribution in [0, 0.1) is 0 Å². The number of methoxy groups -OCH3 is 1. The fourth-order valence-corrected chi connectivity index (χ4v) is 4.54. The molecule has 8 heteroatoms. The van der Waals surface area contributed by atoms with Crippen LogP contribution in [-0.4, -0.2) is 39.8 Å². The van der Waals surface area contributed by atoms with Crippen molar-refractivity contribution in [2.24, 2.45) is 0 Å². The molecule has 0 saturated carbocycles. The zero-order valence-corrected chi connectivity index (χ0v) is 17.3. The lowest BCUT2D eigenvalue weighted by molar-refractivity contribution is 0.102. The molecule has 0 aliphatic rings. The van der Waals surface area contributed by atoms with Gasteiger partial charge in [-0.3, -0.25) is 4.79 Å². The predicted octanol–water partition coefficient (Wildman–Crippen LogP) is 3.93. The van der Waals surface area contributed by atoms with Crippen LogP contribution in [0.5, 0.6) is 5.75 Å². The molecular formula is C20H20N2O4S2. The van der Waals surface area contributed by atoms with Gasteiger partial charge >= 0.3 is 0 Å². The van der Waals surface area contributed by atoms with E-state index in [1.807, 2.05) is 36.4 Å². The molecule has 0 fully saturated rings. The van der Waals surface area contributed by atoms with Gasteiger partial charge in [-0.1, -0.05) is 36.4 Å². The van der Waals surface area contributed by atoms with E-state index in [1.165, 1.54) is 44.7 Å². The fourth-order valence-electron chi connectivity index (χ4n) is 2.56. The molecule has 0 bridgehead atoms. The summed E-state index contributed by atoms with van der Waals surface area (Å²) in [6, 6.07) is 17.7. The summed E-state index contributed by atoms with van der Waals surface area (Å²) in [4.78, 5) is 14.2. The molecule has 146 valence electrons. The summed E-state index contributed by atoms with van der Waals surface area (Å²) in [5.41, 5.74) is 1.38. The third kappa shape index (κ3) is 4.09. The van der Waals surface area contributed by atoms with Gasteiger partial charge in [-0.25, -0.2) is 12.7 Å². The molecule has 1 aromatic heterocycles. The average molecular weight is 417 g/mol. The van der Waals surface area contributed by atoms with Crippen molar-refractivity contribution in [3.63, 3.8) is 0 Å². The molecule has 0 radical (unpaired) electrons. The molecule has 0 spiro atoms. The summed E-state index contributed by atoms with van der Waals surface area (Å²) in [6.07, 6.45) is 0. The number of nitrogens with one attached hydrogen (secondary N) is 1.